The van der Waals surface area contributed by atoms with E-state index in [1.54, 1.807) is 35.2 Å². The van der Waals surface area contributed by atoms with Crippen LogP contribution in [0.25, 0.3) is 17.1 Å². The number of carbonyl (C=O) groups is 1. The number of aromatic nitrogens is 2. The van der Waals surface area contributed by atoms with E-state index in [-0.39, 0.29) is 11.6 Å². The Morgan fingerprint density at radius 2 is 1.66 bits per heavy atom. The van der Waals surface area contributed by atoms with Crippen molar-refractivity contribution < 1.29 is 4.79 Å². The number of hydrogen-bond acceptors (Lipinski definition) is 4. The van der Waals surface area contributed by atoms with Crippen molar-refractivity contribution >= 4 is 45.6 Å². The highest BCUT2D eigenvalue weighted by Crippen LogP contribution is 2.33. The smallest absolute Gasteiger partial charge is 0.295 e. The summed E-state index contributed by atoms with van der Waals surface area (Å²) in [5.74, 6) is -0.0824. The quantitative estimate of drug-likeness (QED) is 0.624. The SMILES string of the molecule is CCc1ccc(N=C2S/C(=C/c3ccc4c(c3)n(C)c(=O)n4C)C(=O)N2C)cc1. The molecule has 2 heterocycles. The Labute approximate surface area is 173 Å². The second kappa shape index (κ2) is 7.40. The summed E-state index contributed by atoms with van der Waals surface area (Å²) in [6.45, 7) is 2.11. The molecule has 1 aromatic heterocycles. The van der Waals surface area contributed by atoms with Crippen molar-refractivity contribution in [3.8, 4) is 0 Å². The molecular weight excluding hydrogens is 384 g/mol. The van der Waals surface area contributed by atoms with Gasteiger partial charge >= 0.3 is 5.69 Å². The molecule has 0 saturated carbocycles. The third kappa shape index (κ3) is 3.42. The third-order valence-corrected chi connectivity index (χ3v) is 6.23. The molecule has 1 amide bonds. The summed E-state index contributed by atoms with van der Waals surface area (Å²) in [5, 5.41) is 0.652. The van der Waals surface area contributed by atoms with Gasteiger partial charge in [-0.25, -0.2) is 9.79 Å². The van der Waals surface area contributed by atoms with E-state index in [9.17, 15) is 9.59 Å². The van der Waals surface area contributed by atoms with Gasteiger partial charge in [0.15, 0.2) is 5.17 Å². The fourth-order valence-corrected chi connectivity index (χ4v) is 4.32. The van der Waals surface area contributed by atoms with E-state index in [2.05, 4.69) is 24.0 Å². The molecule has 0 atom stereocenters. The molecule has 29 heavy (non-hydrogen) atoms. The largest absolute Gasteiger partial charge is 0.328 e. The van der Waals surface area contributed by atoms with Gasteiger partial charge in [0.25, 0.3) is 5.91 Å². The molecule has 1 aliphatic rings. The molecule has 0 unspecified atom stereocenters. The Balaban J connectivity index is 1.66. The maximum Gasteiger partial charge on any atom is 0.328 e. The van der Waals surface area contributed by atoms with Crippen molar-refractivity contribution in [2.75, 3.05) is 7.05 Å². The third-order valence-electron chi connectivity index (χ3n) is 5.17. The van der Waals surface area contributed by atoms with Crippen LogP contribution in [0.1, 0.15) is 18.1 Å². The van der Waals surface area contributed by atoms with Gasteiger partial charge in [0.1, 0.15) is 0 Å². The van der Waals surface area contributed by atoms with Crippen molar-refractivity contribution in [3.05, 3.63) is 69.0 Å². The second-order valence-corrected chi connectivity index (χ2v) is 8.05. The Bertz CT molecular complexity index is 1230. The number of aryl methyl sites for hydroxylation is 3. The lowest BCUT2D eigenvalue weighted by molar-refractivity contribution is -0.121. The number of rotatable bonds is 3. The molecule has 0 N–H and O–H groups in total. The summed E-state index contributed by atoms with van der Waals surface area (Å²) >= 11 is 1.36. The first-order chi connectivity index (χ1) is 13.9. The summed E-state index contributed by atoms with van der Waals surface area (Å²) < 4.78 is 3.23. The Kier molecular flexibility index (Phi) is 4.92. The Hall–Kier alpha value is -3.06. The molecule has 0 bridgehead atoms. The summed E-state index contributed by atoms with van der Waals surface area (Å²) in [5.41, 5.74) is 4.58. The van der Waals surface area contributed by atoms with Crippen LogP contribution < -0.4 is 5.69 Å². The van der Waals surface area contributed by atoms with E-state index >= 15 is 0 Å². The normalized spacial score (nSPS) is 17.2. The highest BCUT2D eigenvalue weighted by Gasteiger charge is 2.30. The van der Waals surface area contributed by atoms with E-state index in [1.165, 1.54) is 17.3 Å². The number of carbonyl (C=O) groups excluding carboxylic acids is 1. The van der Waals surface area contributed by atoms with E-state index in [0.717, 1.165) is 28.7 Å². The predicted molar refractivity (Wildman–Crippen MR) is 119 cm³/mol. The van der Waals surface area contributed by atoms with Crippen LogP contribution in [0, 0.1) is 0 Å². The minimum absolute atomic E-state index is 0.0700. The lowest BCUT2D eigenvalue weighted by atomic mass is 10.1. The average Bonchev–Trinajstić information content (AvgIpc) is 3.11. The van der Waals surface area contributed by atoms with Crippen molar-refractivity contribution in [1.29, 1.82) is 0 Å². The molecule has 2 aromatic carbocycles. The van der Waals surface area contributed by atoms with Gasteiger partial charge in [0.2, 0.25) is 0 Å². The predicted octanol–water partition coefficient (Wildman–Crippen LogP) is 3.67. The standard InChI is InChI=1S/C22H22N4O2S/c1-5-14-6-9-16(10-7-14)23-21-26(4)20(27)19(29-21)13-15-8-11-17-18(12-15)25(3)22(28)24(17)2/h6-13H,5H2,1-4H3/b19-13+,23-21?. The zero-order valence-corrected chi connectivity index (χ0v) is 17.7. The molecule has 0 radical (unpaired) electrons. The zero-order chi connectivity index (χ0) is 20.7. The number of hydrogen-bond donors (Lipinski definition) is 0. The average molecular weight is 407 g/mol. The Morgan fingerprint density at radius 3 is 2.34 bits per heavy atom. The summed E-state index contributed by atoms with van der Waals surface area (Å²) in [6.07, 6.45) is 2.83. The molecule has 1 aliphatic heterocycles. The number of aliphatic imine (C=N–C) groups is 1. The minimum Gasteiger partial charge on any atom is -0.295 e. The summed E-state index contributed by atoms with van der Waals surface area (Å²) in [4.78, 5) is 31.6. The lowest BCUT2D eigenvalue weighted by Gasteiger charge is -2.07. The number of fused-ring (bicyclic) bond motifs is 1. The number of benzene rings is 2. The number of nitrogens with zero attached hydrogens (tertiary/aromatic N) is 4. The second-order valence-electron chi connectivity index (χ2n) is 7.04. The molecule has 7 heteroatoms. The Morgan fingerprint density at radius 1 is 0.966 bits per heavy atom. The van der Waals surface area contributed by atoms with Crippen LogP contribution in [-0.4, -0.2) is 32.2 Å². The van der Waals surface area contributed by atoms with Gasteiger partial charge in [-0.2, -0.15) is 0 Å². The molecule has 4 rings (SSSR count). The highest BCUT2D eigenvalue weighted by molar-refractivity contribution is 8.18. The van der Waals surface area contributed by atoms with Gasteiger partial charge in [-0.3, -0.25) is 18.8 Å². The maximum absolute atomic E-state index is 12.7. The fourth-order valence-electron chi connectivity index (χ4n) is 3.33. The van der Waals surface area contributed by atoms with E-state index in [1.807, 2.05) is 36.4 Å². The van der Waals surface area contributed by atoms with Crippen LogP contribution in [0.5, 0.6) is 0 Å². The van der Waals surface area contributed by atoms with Crippen molar-refractivity contribution in [3.63, 3.8) is 0 Å². The van der Waals surface area contributed by atoms with Crippen molar-refractivity contribution in [1.82, 2.24) is 14.0 Å². The number of imidazole rings is 1. The molecule has 3 aromatic rings. The highest BCUT2D eigenvalue weighted by atomic mass is 32.2. The lowest BCUT2D eigenvalue weighted by Crippen LogP contribution is -2.23. The van der Waals surface area contributed by atoms with Gasteiger partial charge in [0.05, 0.1) is 21.6 Å². The van der Waals surface area contributed by atoms with Gasteiger partial charge in [-0.15, -0.1) is 0 Å². The monoisotopic (exact) mass is 406 g/mol. The van der Waals surface area contributed by atoms with Gasteiger partial charge in [0, 0.05) is 21.1 Å². The van der Waals surface area contributed by atoms with Crippen LogP contribution in [0.2, 0.25) is 0 Å². The van der Waals surface area contributed by atoms with Crippen molar-refractivity contribution in [2.24, 2.45) is 19.1 Å². The first-order valence-corrected chi connectivity index (χ1v) is 10.2. The molecule has 1 fully saturated rings. The van der Waals surface area contributed by atoms with Crippen LogP contribution in [-0.2, 0) is 25.3 Å². The molecule has 1 saturated heterocycles. The molecule has 6 nitrogen and oxygen atoms in total. The van der Waals surface area contributed by atoms with Crippen LogP contribution in [0.15, 0.2) is 57.2 Å². The summed E-state index contributed by atoms with van der Waals surface area (Å²) in [7, 11) is 5.24. The maximum atomic E-state index is 12.7. The molecule has 148 valence electrons. The molecular formula is C22H22N4O2S. The number of likely N-dealkylation sites (N-methyl/N-ethyl adjacent to an activating group) is 1. The molecule has 0 aliphatic carbocycles. The first-order valence-electron chi connectivity index (χ1n) is 9.39. The van der Waals surface area contributed by atoms with Gasteiger partial charge in [-0.05, 0) is 59.7 Å². The van der Waals surface area contributed by atoms with Crippen LogP contribution in [0.3, 0.4) is 0 Å². The summed E-state index contributed by atoms with van der Waals surface area (Å²) in [6, 6.07) is 13.8. The van der Waals surface area contributed by atoms with E-state index < -0.39 is 0 Å². The van der Waals surface area contributed by atoms with Crippen molar-refractivity contribution in [2.45, 2.75) is 13.3 Å². The number of amidine groups is 1. The molecule has 0 spiro atoms. The van der Waals surface area contributed by atoms with Crippen LogP contribution in [0.4, 0.5) is 5.69 Å². The number of thioether (sulfide) groups is 1. The van der Waals surface area contributed by atoms with E-state index in [4.69, 9.17) is 0 Å². The topological polar surface area (TPSA) is 59.6 Å². The minimum atomic E-state index is -0.0824. The zero-order valence-electron chi connectivity index (χ0n) is 16.8. The van der Waals surface area contributed by atoms with Gasteiger partial charge < -0.3 is 0 Å². The first kappa shape index (κ1) is 19.3. The van der Waals surface area contributed by atoms with Gasteiger partial charge in [-0.1, -0.05) is 25.1 Å². The fraction of sp³-hybridized carbons (Fsp3) is 0.227. The van der Waals surface area contributed by atoms with E-state index in [0.29, 0.717) is 10.1 Å². The van der Waals surface area contributed by atoms with Crippen LogP contribution >= 0.6 is 11.8 Å². The number of amides is 1.